The van der Waals surface area contributed by atoms with E-state index in [1.807, 2.05) is 18.3 Å². The van der Waals surface area contributed by atoms with Crippen molar-refractivity contribution < 1.29 is 5.11 Å². The third kappa shape index (κ3) is 4.63. The van der Waals surface area contributed by atoms with Crippen molar-refractivity contribution in [3.8, 4) is 0 Å². The summed E-state index contributed by atoms with van der Waals surface area (Å²) >= 11 is 5.80. The minimum absolute atomic E-state index is 0.511. The molecular formula is C13H17ClN4O. The van der Waals surface area contributed by atoms with E-state index in [4.69, 9.17) is 11.6 Å². The Hall–Kier alpha value is -1.43. The van der Waals surface area contributed by atoms with E-state index in [-0.39, 0.29) is 0 Å². The predicted molar refractivity (Wildman–Crippen MR) is 73.9 cm³/mol. The van der Waals surface area contributed by atoms with Gasteiger partial charge >= 0.3 is 0 Å². The third-order valence-electron chi connectivity index (χ3n) is 2.81. The van der Waals surface area contributed by atoms with Gasteiger partial charge in [-0.25, -0.2) is 0 Å². The largest absolute Gasteiger partial charge is 0.387 e. The minimum atomic E-state index is -0.511. The molecule has 0 bridgehead atoms. The fourth-order valence-electron chi connectivity index (χ4n) is 1.76. The van der Waals surface area contributed by atoms with Crippen LogP contribution in [0.5, 0.6) is 0 Å². The number of aromatic nitrogens is 3. The molecule has 2 N–H and O–H groups in total. The number of nitrogens with one attached hydrogen (secondary N) is 1. The Morgan fingerprint density at radius 3 is 2.79 bits per heavy atom. The van der Waals surface area contributed by atoms with Gasteiger partial charge in [0.25, 0.3) is 0 Å². The minimum Gasteiger partial charge on any atom is -0.387 e. The van der Waals surface area contributed by atoms with Crippen molar-refractivity contribution in [2.24, 2.45) is 0 Å². The van der Waals surface area contributed by atoms with Crippen LogP contribution in [0.4, 0.5) is 0 Å². The molecule has 1 atom stereocenters. The molecule has 6 heteroatoms. The number of halogens is 1. The van der Waals surface area contributed by atoms with Crippen LogP contribution >= 0.6 is 11.6 Å². The molecule has 2 rings (SSSR count). The first-order chi connectivity index (χ1) is 9.25. The number of aliphatic hydroxyl groups is 1. The smallest absolute Gasteiger partial charge is 0.0914 e. The van der Waals surface area contributed by atoms with Gasteiger partial charge in [-0.3, -0.25) is 4.68 Å². The van der Waals surface area contributed by atoms with Crippen molar-refractivity contribution in [1.29, 1.82) is 0 Å². The van der Waals surface area contributed by atoms with Crippen LogP contribution in [-0.4, -0.2) is 33.2 Å². The zero-order valence-electron chi connectivity index (χ0n) is 10.5. The number of aliphatic hydroxyl groups excluding tert-OH is 1. The Morgan fingerprint density at radius 1 is 1.32 bits per heavy atom. The fraction of sp³-hybridized carbons (Fsp3) is 0.385. The molecule has 0 spiro atoms. The molecule has 1 unspecified atom stereocenters. The molecule has 1 aromatic heterocycles. The molecule has 5 nitrogen and oxygen atoms in total. The molecule has 1 heterocycles. The highest BCUT2D eigenvalue weighted by molar-refractivity contribution is 6.30. The molecule has 1 aromatic carbocycles. The second-order valence-electron chi connectivity index (χ2n) is 4.29. The van der Waals surface area contributed by atoms with Gasteiger partial charge in [-0.05, 0) is 30.7 Å². The van der Waals surface area contributed by atoms with Crippen molar-refractivity contribution in [3.05, 3.63) is 47.2 Å². The number of rotatable bonds is 7. The van der Waals surface area contributed by atoms with Gasteiger partial charge in [0.05, 0.1) is 12.3 Å². The highest BCUT2D eigenvalue weighted by atomic mass is 35.5. The van der Waals surface area contributed by atoms with Crippen LogP contribution < -0.4 is 5.32 Å². The number of hydrogen-bond donors (Lipinski definition) is 2. The van der Waals surface area contributed by atoms with Gasteiger partial charge in [0.2, 0.25) is 0 Å². The van der Waals surface area contributed by atoms with Crippen LogP contribution in [0.25, 0.3) is 0 Å². The molecule has 102 valence electrons. The predicted octanol–water partition coefficient (Wildman–Crippen LogP) is 1.64. The quantitative estimate of drug-likeness (QED) is 0.757. The molecule has 19 heavy (non-hydrogen) atoms. The van der Waals surface area contributed by atoms with Crippen molar-refractivity contribution in [3.63, 3.8) is 0 Å². The first-order valence-electron chi connectivity index (χ1n) is 6.24. The number of nitrogens with zero attached hydrogens (tertiary/aromatic N) is 3. The summed E-state index contributed by atoms with van der Waals surface area (Å²) in [7, 11) is 0. The lowest BCUT2D eigenvalue weighted by Gasteiger charge is -2.12. The maximum absolute atomic E-state index is 9.96. The molecule has 0 aliphatic heterocycles. The fourth-order valence-corrected chi connectivity index (χ4v) is 1.89. The molecule has 0 radical (unpaired) electrons. The lowest BCUT2D eigenvalue weighted by Crippen LogP contribution is -2.23. The van der Waals surface area contributed by atoms with E-state index >= 15 is 0 Å². The van der Waals surface area contributed by atoms with Crippen molar-refractivity contribution in [1.82, 2.24) is 20.3 Å². The van der Waals surface area contributed by atoms with Crippen LogP contribution in [0.15, 0.2) is 36.7 Å². The van der Waals surface area contributed by atoms with Gasteiger partial charge < -0.3 is 10.4 Å². The first kappa shape index (κ1) is 14.0. The maximum atomic E-state index is 9.96. The number of aryl methyl sites for hydroxylation is 1. The monoisotopic (exact) mass is 280 g/mol. The van der Waals surface area contributed by atoms with Gasteiger partial charge in [-0.15, -0.1) is 5.10 Å². The van der Waals surface area contributed by atoms with E-state index in [0.717, 1.165) is 25.1 Å². The Bertz CT molecular complexity index is 472. The van der Waals surface area contributed by atoms with E-state index in [2.05, 4.69) is 15.6 Å². The lowest BCUT2D eigenvalue weighted by atomic mass is 10.1. The maximum Gasteiger partial charge on any atom is 0.0914 e. The topological polar surface area (TPSA) is 63.0 Å². The molecule has 0 saturated carbocycles. The summed E-state index contributed by atoms with van der Waals surface area (Å²) in [5.74, 6) is 0. The summed E-state index contributed by atoms with van der Waals surface area (Å²) < 4.78 is 1.79. The van der Waals surface area contributed by atoms with Gasteiger partial charge in [0.15, 0.2) is 0 Å². The van der Waals surface area contributed by atoms with E-state index in [1.165, 1.54) is 0 Å². The summed E-state index contributed by atoms with van der Waals surface area (Å²) in [6, 6.07) is 7.24. The molecule has 2 aromatic rings. The highest BCUT2D eigenvalue weighted by Gasteiger charge is 2.06. The zero-order valence-corrected chi connectivity index (χ0v) is 11.3. The molecular weight excluding hydrogens is 264 g/mol. The lowest BCUT2D eigenvalue weighted by molar-refractivity contribution is 0.174. The normalized spacial score (nSPS) is 12.5. The molecule has 0 amide bonds. The average molecular weight is 281 g/mol. The van der Waals surface area contributed by atoms with Crippen LogP contribution in [-0.2, 0) is 6.54 Å². The number of benzene rings is 1. The van der Waals surface area contributed by atoms with Crippen LogP contribution in [0.1, 0.15) is 18.1 Å². The van der Waals surface area contributed by atoms with E-state index in [9.17, 15) is 5.11 Å². The Balaban J connectivity index is 1.63. The van der Waals surface area contributed by atoms with E-state index in [0.29, 0.717) is 11.6 Å². The molecule has 0 aliphatic carbocycles. The molecule has 0 fully saturated rings. The third-order valence-corrected chi connectivity index (χ3v) is 3.06. The average Bonchev–Trinajstić information content (AvgIpc) is 2.92. The van der Waals surface area contributed by atoms with Crippen molar-refractivity contribution in [2.75, 3.05) is 13.1 Å². The van der Waals surface area contributed by atoms with E-state index in [1.54, 1.807) is 23.0 Å². The van der Waals surface area contributed by atoms with Crippen LogP contribution in [0, 0.1) is 0 Å². The standard InChI is InChI=1S/C13H17ClN4O/c14-12-4-2-11(3-5-12)13(19)10-15-6-1-8-18-9-7-16-17-18/h2-5,7,9,13,15,19H,1,6,8,10H2. The van der Waals surface area contributed by atoms with Gasteiger partial charge in [-0.2, -0.15) is 0 Å². The van der Waals surface area contributed by atoms with Crippen molar-refractivity contribution in [2.45, 2.75) is 19.1 Å². The Labute approximate surface area is 117 Å². The van der Waals surface area contributed by atoms with Crippen LogP contribution in [0.2, 0.25) is 5.02 Å². The highest BCUT2D eigenvalue weighted by Crippen LogP contribution is 2.15. The summed E-state index contributed by atoms with van der Waals surface area (Å²) in [4.78, 5) is 0. The second kappa shape index (κ2) is 7.23. The Morgan fingerprint density at radius 2 is 2.11 bits per heavy atom. The van der Waals surface area contributed by atoms with Crippen molar-refractivity contribution >= 4 is 11.6 Å². The van der Waals surface area contributed by atoms with Gasteiger partial charge in [-0.1, -0.05) is 28.9 Å². The molecule has 0 aliphatic rings. The van der Waals surface area contributed by atoms with Crippen LogP contribution in [0.3, 0.4) is 0 Å². The summed E-state index contributed by atoms with van der Waals surface area (Å²) in [5, 5.41) is 21.5. The van der Waals surface area contributed by atoms with E-state index < -0.39 is 6.10 Å². The SMILES string of the molecule is OC(CNCCCn1ccnn1)c1ccc(Cl)cc1. The Kier molecular flexibility index (Phi) is 5.32. The summed E-state index contributed by atoms with van der Waals surface area (Å²) in [6.45, 7) is 2.17. The zero-order chi connectivity index (χ0) is 13.5. The second-order valence-corrected chi connectivity index (χ2v) is 4.73. The van der Waals surface area contributed by atoms with Gasteiger partial charge in [0.1, 0.15) is 0 Å². The first-order valence-corrected chi connectivity index (χ1v) is 6.62. The summed E-state index contributed by atoms with van der Waals surface area (Å²) in [5.41, 5.74) is 0.869. The number of hydrogen-bond acceptors (Lipinski definition) is 4. The molecule has 0 saturated heterocycles. The van der Waals surface area contributed by atoms with Gasteiger partial charge in [0, 0.05) is 24.3 Å². The summed E-state index contributed by atoms with van der Waals surface area (Å²) in [6.07, 6.45) is 3.93.